The summed E-state index contributed by atoms with van der Waals surface area (Å²) in [5.74, 6) is 0. The van der Waals surface area contributed by atoms with E-state index in [1.165, 1.54) is 87.2 Å². The monoisotopic (exact) mass is 556 g/mol. The van der Waals surface area contributed by atoms with Crippen molar-refractivity contribution < 1.29 is 0 Å². The fourth-order valence-electron chi connectivity index (χ4n) is 7.01. The normalized spacial score (nSPS) is 11.6. The van der Waals surface area contributed by atoms with E-state index in [4.69, 9.17) is 0 Å². The zero-order valence-electron chi connectivity index (χ0n) is 24.2. The van der Waals surface area contributed by atoms with E-state index < -0.39 is 0 Å². The van der Waals surface area contributed by atoms with E-state index in [1.54, 1.807) is 0 Å². The van der Waals surface area contributed by atoms with Crippen LogP contribution in [0, 0.1) is 0 Å². The van der Waals surface area contributed by atoms with Crippen molar-refractivity contribution in [3.05, 3.63) is 170 Å². The molecule has 9 rings (SSSR count). The van der Waals surface area contributed by atoms with Crippen molar-refractivity contribution in [1.82, 2.24) is 0 Å². The number of hydrogen-bond donors (Lipinski definition) is 0. The predicted octanol–water partition coefficient (Wildman–Crippen LogP) is 12.5. The van der Waals surface area contributed by atoms with E-state index in [1.807, 2.05) is 0 Å². The lowest BCUT2D eigenvalue weighted by atomic mass is 9.91. The van der Waals surface area contributed by atoms with Crippen LogP contribution in [0.5, 0.6) is 0 Å². The fraction of sp³-hybridized carbons (Fsp3) is 0. The molecule has 0 atom stereocenters. The third-order valence-electron chi connectivity index (χ3n) is 9.24. The van der Waals surface area contributed by atoms with Gasteiger partial charge in [-0.15, -0.1) is 0 Å². The van der Waals surface area contributed by atoms with Crippen LogP contribution < -0.4 is 0 Å². The summed E-state index contributed by atoms with van der Waals surface area (Å²) in [5, 5.41) is 13.0. The van der Waals surface area contributed by atoms with E-state index >= 15 is 0 Å². The lowest BCUT2D eigenvalue weighted by Gasteiger charge is -2.12. The Hall–Kier alpha value is -5.72. The minimum atomic E-state index is 1.22. The molecule has 204 valence electrons. The third kappa shape index (κ3) is 4.00. The Balaban J connectivity index is 1.08. The van der Waals surface area contributed by atoms with Crippen LogP contribution in [0.25, 0.3) is 87.2 Å². The van der Waals surface area contributed by atoms with Gasteiger partial charge in [-0.1, -0.05) is 152 Å². The molecule has 9 aromatic carbocycles. The molecule has 0 heteroatoms. The van der Waals surface area contributed by atoms with Crippen LogP contribution in [-0.4, -0.2) is 0 Å². The van der Waals surface area contributed by atoms with Crippen molar-refractivity contribution in [3.63, 3.8) is 0 Å². The molecule has 0 unspecified atom stereocenters. The molecule has 44 heavy (non-hydrogen) atoms. The number of rotatable bonds is 3. The standard InChI is InChI=1S/C44H28/c1-2-11-37-31(8-1)20-21-36-27-34(22-24-38(36)37)33-10-7-9-32(26-33)29-16-18-30(19-17-29)35-23-25-43-41-14-4-3-12-39(41)40-13-5-6-15-42(40)44(43)28-35/h1-28H. The van der Waals surface area contributed by atoms with E-state index in [0.717, 1.165) is 0 Å². The lowest BCUT2D eigenvalue weighted by molar-refractivity contribution is 1.59. The van der Waals surface area contributed by atoms with Crippen LogP contribution >= 0.6 is 0 Å². The van der Waals surface area contributed by atoms with E-state index in [9.17, 15) is 0 Å². The second-order valence-corrected chi connectivity index (χ2v) is 11.7. The van der Waals surface area contributed by atoms with E-state index in [2.05, 4.69) is 170 Å². The van der Waals surface area contributed by atoms with Crippen LogP contribution in [0.4, 0.5) is 0 Å². The van der Waals surface area contributed by atoms with Crippen molar-refractivity contribution in [1.29, 1.82) is 0 Å². The highest BCUT2D eigenvalue weighted by Crippen LogP contribution is 2.38. The Kier molecular flexibility index (Phi) is 5.61. The van der Waals surface area contributed by atoms with Crippen LogP contribution in [0.3, 0.4) is 0 Å². The van der Waals surface area contributed by atoms with Gasteiger partial charge in [0.15, 0.2) is 0 Å². The molecule has 0 fully saturated rings. The van der Waals surface area contributed by atoms with Crippen molar-refractivity contribution in [3.8, 4) is 33.4 Å². The lowest BCUT2D eigenvalue weighted by Crippen LogP contribution is -1.86. The Bertz CT molecular complexity index is 2500. The third-order valence-corrected chi connectivity index (χ3v) is 9.24. The molecule has 0 nitrogen and oxygen atoms in total. The summed E-state index contributed by atoms with van der Waals surface area (Å²) in [4.78, 5) is 0. The van der Waals surface area contributed by atoms with E-state index in [-0.39, 0.29) is 0 Å². The largest absolute Gasteiger partial charge is 0.0616 e. The van der Waals surface area contributed by atoms with Gasteiger partial charge in [-0.3, -0.25) is 0 Å². The Morgan fingerprint density at radius 1 is 0.182 bits per heavy atom. The van der Waals surface area contributed by atoms with Gasteiger partial charge in [0.05, 0.1) is 0 Å². The first-order chi connectivity index (χ1) is 21.8. The first kappa shape index (κ1) is 24.8. The average Bonchev–Trinajstić information content (AvgIpc) is 3.11. The predicted molar refractivity (Wildman–Crippen MR) is 190 cm³/mol. The Labute approximate surface area is 256 Å². The molecule has 0 saturated carbocycles. The summed E-state index contributed by atoms with van der Waals surface area (Å²) >= 11 is 0. The van der Waals surface area contributed by atoms with Gasteiger partial charge >= 0.3 is 0 Å². The zero-order valence-corrected chi connectivity index (χ0v) is 24.2. The van der Waals surface area contributed by atoms with Crippen LogP contribution in [0.2, 0.25) is 0 Å². The SMILES string of the molecule is c1cc(-c2ccc(-c3ccc4c5ccccc5c5ccccc5c4c3)cc2)cc(-c2ccc3c(ccc4ccccc43)c2)c1. The topological polar surface area (TPSA) is 0 Å². The number of hydrogen-bond acceptors (Lipinski definition) is 0. The molecule has 0 saturated heterocycles. The highest BCUT2D eigenvalue weighted by molar-refractivity contribution is 6.25. The van der Waals surface area contributed by atoms with Gasteiger partial charge in [0.1, 0.15) is 0 Å². The molecule has 0 bridgehead atoms. The van der Waals surface area contributed by atoms with Gasteiger partial charge in [-0.2, -0.15) is 0 Å². The summed E-state index contributed by atoms with van der Waals surface area (Å²) in [6, 6.07) is 62.3. The smallest absolute Gasteiger partial charge is 0.00928 e. The highest BCUT2D eigenvalue weighted by atomic mass is 14.1. The van der Waals surface area contributed by atoms with Gasteiger partial charge in [-0.05, 0) is 105 Å². The van der Waals surface area contributed by atoms with Gasteiger partial charge < -0.3 is 0 Å². The molecule has 0 aliphatic rings. The second-order valence-electron chi connectivity index (χ2n) is 11.7. The van der Waals surface area contributed by atoms with Gasteiger partial charge in [-0.25, -0.2) is 0 Å². The van der Waals surface area contributed by atoms with E-state index in [0.29, 0.717) is 0 Å². The molecule has 9 aromatic rings. The number of fused-ring (bicyclic) bond motifs is 9. The molecule has 0 radical (unpaired) electrons. The highest BCUT2D eigenvalue weighted by Gasteiger charge is 2.10. The first-order valence-corrected chi connectivity index (χ1v) is 15.3. The number of benzene rings is 9. The molecule has 0 aliphatic carbocycles. The fourth-order valence-corrected chi connectivity index (χ4v) is 7.01. The molecule has 0 N–H and O–H groups in total. The quantitative estimate of drug-likeness (QED) is 0.190. The molecule has 0 heterocycles. The Morgan fingerprint density at radius 2 is 0.591 bits per heavy atom. The molecule has 0 aliphatic heterocycles. The minimum Gasteiger partial charge on any atom is -0.0616 e. The summed E-state index contributed by atoms with van der Waals surface area (Å²) in [7, 11) is 0. The minimum absolute atomic E-state index is 1.22. The van der Waals surface area contributed by atoms with Crippen molar-refractivity contribution in [2.24, 2.45) is 0 Å². The van der Waals surface area contributed by atoms with Crippen LogP contribution in [0.15, 0.2) is 170 Å². The van der Waals surface area contributed by atoms with Crippen molar-refractivity contribution in [2.75, 3.05) is 0 Å². The van der Waals surface area contributed by atoms with Gasteiger partial charge in [0.2, 0.25) is 0 Å². The summed E-state index contributed by atoms with van der Waals surface area (Å²) in [6.45, 7) is 0. The zero-order chi connectivity index (χ0) is 29.0. The molecular weight excluding hydrogens is 528 g/mol. The summed E-state index contributed by atoms with van der Waals surface area (Å²) in [5.41, 5.74) is 7.38. The maximum absolute atomic E-state index is 2.36. The second kappa shape index (κ2) is 9.93. The molecular formula is C44H28. The van der Waals surface area contributed by atoms with Gasteiger partial charge in [0.25, 0.3) is 0 Å². The maximum atomic E-state index is 2.36. The molecule has 0 aromatic heterocycles. The maximum Gasteiger partial charge on any atom is -0.00928 e. The summed E-state index contributed by atoms with van der Waals surface area (Å²) in [6.07, 6.45) is 0. The average molecular weight is 557 g/mol. The summed E-state index contributed by atoms with van der Waals surface area (Å²) < 4.78 is 0. The van der Waals surface area contributed by atoms with Crippen molar-refractivity contribution >= 4 is 53.9 Å². The van der Waals surface area contributed by atoms with Crippen LogP contribution in [0.1, 0.15) is 0 Å². The molecule has 0 spiro atoms. The first-order valence-electron chi connectivity index (χ1n) is 15.3. The van der Waals surface area contributed by atoms with Crippen molar-refractivity contribution in [2.45, 2.75) is 0 Å². The molecule has 0 amide bonds. The van der Waals surface area contributed by atoms with Crippen LogP contribution in [-0.2, 0) is 0 Å². The Morgan fingerprint density at radius 3 is 1.25 bits per heavy atom. The van der Waals surface area contributed by atoms with Gasteiger partial charge in [0, 0.05) is 0 Å².